The van der Waals surface area contributed by atoms with Gasteiger partial charge in [0, 0.05) is 24.7 Å². The molecular formula is C12H16F3NO. The van der Waals surface area contributed by atoms with Gasteiger partial charge in [0.1, 0.15) is 5.82 Å². The Balaban J connectivity index is 2.65. The maximum absolute atomic E-state index is 13.3. The first-order valence-electron chi connectivity index (χ1n) is 5.40. The number of hydrogen-bond donors (Lipinski definition) is 1. The fourth-order valence-corrected chi connectivity index (χ4v) is 1.46. The zero-order valence-electron chi connectivity index (χ0n) is 9.88. The maximum atomic E-state index is 13.3. The maximum Gasteiger partial charge on any atom is 0.161 e. The number of hydrogen-bond acceptors (Lipinski definition) is 2. The van der Waals surface area contributed by atoms with E-state index in [1.807, 2.05) is 0 Å². The summed E-state index contributed by atoms with van der Waals surface area (Å²) in [5.41, 5.74) is 0.108. The Morgan fingerprint density at radius 2 is 1.76 bits per heavy atom. The molecule has 0 aliphatic heterocycles. The molecule has 0 saturated carbocycles. The molecule has 0 saturated heterocycles. The Bertz CT molecular complexity index is 382. The normalized spacial score (nSPS) is 13.1. The van der Waals surface area contributed by atoms with E-state index in [1.165, 1.54) is 0 Å². The molecule has 0 aliphatic carbocycles. The lowest BCUT2D eigenvalue weighted by atomic mass is 10.2. The Morgan fingerprint density at radius 1 is 1.18 bits per heavy atom. The van der Waals surface area contributed by atoms with Gasteiger partial charge < -0.3 is 10.0 Å². The monoisotopic (exact) mass is 247 g/mol. The van der Waals surface area contributed by atoms with Gasteiger partial charge in [0.25, 0.3) is 0 Å². The van der Waals surface area contributed by atoms with Crippen LogP contribution in [-0.2, 0) is 6.54 Å². The van der Waals surface area contributed by atoms with E-state index >= 15 is 0 Å². The number of aliphatic hydroxyl groups excluding tert-OH is 1. The van der Waals surface area contributed by atoms with Gasteiger partial charge in [0.05, 0.1) is 6.10 Å². The molecule has 96 valence electrons. The van der Waals surface area contributed by atoms with Crippen LogP contribution in [0.2, 0.25) is 0 Å². The van der Waals surface area contributed by atoms with Crippen LogP contribution in [0.25, 0.3) is 0 Å². The van der Waals surface area contributed by atoms with Gasteiger partial charge in [-0.25, -0.2) is 13.2 Å². The second kappa shape index (κ2) is 6.02. The van der Waals surface area contributed by atoms with Gasteiger partial charge in [-0.1, -0.05) is 0 Å². The van der Waals surface area contributed by atoms with Gasteiger partial charge in [0.2, 0.25) is 0 Å². The third-order valence-corrected chi connectivity index (χ3v) is 2.46. The molecule has 1 N–H and O–H groups in total. The fraction of sp³-hybridized carbons (Fsp3) is 0.500. The first-order valence-corrected chi connectivity index (χ1v) is 5.40. The van der Waals surface area contributed by atoms with Crippen molar-refractivity contribution in [2.45, 2.75) is 26.0 Å². The van der Waals surface area contributed by atoms with Crippen LogP contribution in [0.5, 0.6) is 0 Å². The number of rotatable bonds is 5. The summed E-state index contributed by atoms with van der Waals surface area (Å²) >= 11 is 0. The molecule has 0 amide bonds. The summed E-state index contributed by atoms with van der Waals surface area (Å²) in [4.78, 5) is 1.74. The lowest BCUT2D eigenvalue weighted by Gasteiger charge is -2.18. The fourth-order valence-electron chi connectivity index (χ4n) is 1.46. The highest BCUT2D eigenvalue weighted by Gasteiger charge is 2.11. The molecule has 1 unspecified atom stereocenters. The molecule has 0 spiro atoms. The quantitative estimate of drug-likeness (QED) is 0.807. The Morgan fingerprint density at radius 3 is 2.35 bits per heavy atom. The van der Waals surface area contributed by atoms with E-state index in [-0.39, 0.29) is 12.1 Å². The molecule has 0 fully saturated rings. The van der Waals surface area contributed by atoms with Gasteiger partial charge in [-0.05, 0) is 26.5 Å². The van der Waals surface area contributed by atoms with Crippen molar-refractivity contribution >= 4 is 0 Å². The third kappa shape index (κ3) is 4.36. The molecule has 0 radical (unpaired) electrons. The first kappa shape index (κ1) is 14.0. The molecular weight excluding hydrogens is 231 g/mol. The van der Waals surface area contributed by atoms with E-state index in [4.69, 9.17) is 5.11 Å². The first-order chi connectivity index (χ1) is 7.90. The summed E-state index contributed by atoms with van der Waals surface area (Å²) in [6.45, 7) is 2.39. The number of benzene rings is 1. The Labute approximate surface area is 98.7 Å². The van der Waals surface area contributed by atoms with Crippen LogP contribution >= 0.6 is 0 Å². The van der Waals surface area contributed by atoms with Crippen molar-refractivity contribution < 1.29 is 18.3 Å². The van der Waals surface area contributed by atoms with Crippen molar-refractivity contribution in [2.75, 3.05) is 13.6 Å². The third-order valence-electron chi connectivity index (χ3n) is 2.46. The standard InChI is InChI=1S/C12H16F3NO/c1-8(17)3-4-16(2)7-9-5-11(14)12(15)6-10(9)13/h5-6,8,17H,3-4,7H2,1-2H3. The van der Waals surface area contributed by atoms with Crippen molar-refractivity contribution in [1.82, 2.24) is 4.90 Å². The van der Waals surface area contributed by atoms with Crippen LogP contribution in [0.1, 0.15) is 18.9 Å². The molecule has 0 bridgehead atoms. The van der Waals surface area contributed by atoms with Crippen molar-refractivity contribution in [1.29, 1.82) is 0 Å². The highest BCUT2D eigenvalue weighted by Crippen LogP contribution is 2.15. The summed E-state index contributed by atoms with van der Waals surface area (Å²) in [7, 11) is 1.73. The van der Waals surface area contributed by atoms with Gasteiger partial charge in [-0.15, -0.1) is 0 Å². The highest BCUT2D eigenvalue weighted by molar-refractivity contribution is 5.19. The minimum Gasteiger partial charge on any atom is -0.393 e. The smallest absolute Gasteiger partial charge is 0.161 e. The van der Waals surface area contributed by atoms with E-state index in [0.29, 0.717) is 19.0 Å². The van der Waals surface area contributed by atoms with Crippen molar-refractivity contribution in [3.8, 4) is 0 Å². The zero-order valence-corrected chi connectivity index (χ0v) is 9.88. The molecule has 1 atom stereocenters. The second-order valence-electron chi connectivity index (χ2n) is 4.23. The number of aliphatic hydroxyl groups is 1. The summed E-state index contributed by atoms with van der Waals surface area (Å²) in [5, 5.41) is 9.09. The lowest BCUT2D eigenvalue weighted by molar-refractivity contribution is 0.162. The van der Waals surface area contributed by atoms with E-state index in [2.05, 4.69) is 0 Å². The van der Waals surface area contributed by atoms with Crippen LogP contribution in [0.15, 0.2) is 12.1 Å². The van der Waals surface area contributed by atoms with E-state index < -0.39 is 23.6 Å². The highest BCUT2D eigenvalue weighted by atomic mass is 19.2. The minimum atomic E-state index is -1.18. The van der Waals surface area contributed by atoms with Crippen molar-refractivity contribution in [2.24, 2.45) is 0 Å². The molecule has 0 heterocycles. The predicted molar refractivity (Wildman–Crippen MR) is 58.9 cm³/mol. The molecule has 5 heteroatoms. The average molecular weight is 247 g/mol. The van der Waals surface area contributed by atoms with Crippen LogP contribution in [-0.4, -0.2) is 29.7 Å². The SMILES string of the molecule is CC(O)CCN(C)Cc1cc(F)c(F)cc1F. The van der Waals surface area contributed by atoms with Gasteiger partial charge in [-0.3, -0.25) is 0 Å². The van der Waals surface area contributed by atoms with E-state index in [9.17, 15) is 13.2 Å². The van der Waals surface area contributed by atoms with Crippen LogP contribution in [0, 0.1) is 17.5 Å². The second-order valence-corrected chi connectivity index (χ2v) is 4.23. The van der Waals surface area contributed by atoms with Crippen LogP contribution in [0.4, 0.5) is 13.2 Å². The predicted octanol–water partition coefficient (Wildman–Crippen LogP) is 2.31. The molecule has 2 nitrogen and oxygen atoms in total. The molecule has 0 aliphatic rings. The van der Waals surface area contributed by atoms with Gasteiger partial charge in [0.15, 0.2) is 11.6 Å². The van der Waals surface area contributed by atoms with Gasteiger partial charge in [-0.2, -0.15) is 0 Å². The van der Waals surface area contributed by atoms with Gasteiger partial charge >= 0.3 is 0 Å². The summed E-state index contributed by atoms with van der Waals surface area (Å²) in [6, 6.07) is 1.41. The molecule has 17 heavy (non-hydrogen) atoms. The molecule has 1 aromatic rings. The van der Waals surface area contributed by atoms with E-state index in [0.717, 1.165) is 6.07 Å². The largest absolute Gasteiger partial charge is 0.393 e. The topological polar surface area (TPSA) is 23.5 Å². The lowest BCUT2D eigenvalue weighted by Crippen LogP contribution is -2.22. The summed E-state index contributed by atoms with van der Waals surface area (Å²) < 4.78 is 38.9. The molecule has 1 aromatic carbocycles. The summed E-state index contributed by atoms with van der Waals surface area (Å²) in [6.07, 6.45) is 0.106. The average Bonchev–Trinajstić information content (AvgIpc) is 2.23. The number of nitrogens with zero attached hydrogens (tertiary/aromatic N) is 1. The zero-order chi connectivity index (χ0) is 13.0. The van der Waals surface area contributed by atoms with E-state index in [1.54, 1.807) is 18.9 Å². The summed E-state index contributed by atoms with van der Waals surface area (Å²) in [5.74, 6) is -2.99. The van der Waals surface area contributed by atoms with Crippen molar-refractivity contribution in [3.05, 3.63) is 35.1 Å². The molecule has 0 aromatic heterocycles. The Kier molecular flexibility index (Phi) is 4.96. The van der Waals surface area contributed by atoms with Crippen LogP contribution < -0.4 is 0 Å². The Hall–Kier alpha value is -1.07. The van der Waals surface area contributed by atoms with Crippen molar-refractivity contribution in [3.63, 3.8) is 0 Å². The van der Waals surface area contributed by atoms with Crippen LogP contribution in [0.3, 0.4) is 0 Å². The molecule has 1 rings (SSSR count). The minimum absolute atomic E-state index is 0.108. The number of halogens is 3.